The first-order chi connectivity index (χ1) is 8.81. The zero-order valence-electron chi connectivity index (χ0n) is 11.1. The Morgan fingerprint density at radius 1 is 1.22 bits per heavy atom. The van der Waals surface area contributed by atoms with Gasteiger partial charge in [-0.1, -0.05) is 0 Å². The second-order valence-electron chi connectivity index (χ2n) is 4.83. The molecule has 0 aliphatic heterocycles. The number of hydrogen-bond donors (Lipinski definition) is 1. The second-order valence-corrected chi connectivity index (χ2v) is 5.94. The fourth-order valence-corrected chi connectivity index (χ4v) is 3.29. The van der Waals surface area contributed by atoms with Crippen LogP contribution >= 0.6 is 0 Å². The molecule has 1 aromatic heterocycles. The summed E-state index contributed by atoms with van der Waals surface area (Å²) < 4.78 is 8.90. The summed E-state index contributed by atoms with van der Waals surface area (Å²) in [4.78, 5) is 0. The summed E-state index contributed by atoms with van der Waals surface area (Å²) in [7, 11) is 0. The molecule has 18 heavy (non-hydrogen) atoms. The molecule has 1 aromatic carbocycles. The average Bonchev–Trinajstić information content (AvgIpc) is 2.84. The van der Waals surface area contributed by atoms with Crippen molar-refractivity contribution in [3.63, 3.8) is 0 Å². The van der Waals surface area contributed by atoms with Gasteiger partial charge in [-0.25, -0.2) is 0 Å². The van der Waals surface area contributed by atoms with Gasteiger partial charge in [0, 0.05) is 0 Å². The van der Waals surface area contributed by atoms with E-state index in [0.717, 1.165) is 16.7 Å². The van der Waals surface area contributed by atoms with E-state index >= 15 is 0 Å². The summed E-state index contributed by atoms with van der Waals surface area (Å²) in [6, 6.07) is 6.73. The molecule has 0 aliphatic carbocycles. The predicted octanol–water partition coefficient (Wildman–Crippen LogP) is 3.46. The first kappa shape index (κ1) is 13.6. The van der Waals surface area contributed by atoms with Gasteiger partial charge in [-0.05, 0) is 0 Å². The monoisotopic (exact) mass is 311 g/mol. The van der Waals surface area contributed by atoms with Crippen LogP contribution in [0.5, 0.6) is 0 Å². The molecule has 1 heterocycles. The summed E-state index contributed by atoms with van der Waals surface area (Å²) in [5.74, 6) is 0. The fourth-order valence-electron chi connectivity index (χ4n) is 2.14. The molecule has 1 atom stereocenters. The Kier molecular flexibility index (Phi) is 5.21. The van der Waals surface area contributed by atoms with Crippen molar-refractivity contribution in [3.8, 4) is 0 Å². The molecule has 0 aliphatic rings. The molecule has 0 spiro atoms. The maximum atomic E-state index is 4.50. The molecule has 0 amide bonds. The molecule has 0 saturated heterocycles. The van der Waals surface area contributed by atoms with Crippen LogP contribution in [0.1, 0.15) is 46.0 Å². The maximum absolute atomic E-state index is 4.50. The first-order valence-electron chi connectivity index (χ1n) is 6.79. The first-order valence-corrected chi connectivity index (χ1v) is 8.32. The minimum absolute atomic E-state index is 0.0600. The van der Waals surface area contributed by atoms with Crippen LogP contribution in [0.2, 0.25) is 0 Å². The van der Waals surface area contributed by atoms with Crippen molar-refractivity contribution in [2.75, 3.05) is 5.32 Å². The molecule has 98 valence electrons. The van der Waals surface area contributed by atoms with Crippen LogP contribution in [0.3, 0.4) is 0 Å². The Hall–Kier alpha value is -0.861. The number of benzene rings is 1. The third-order valence-corrected chi connectivity index (χ3v) is 4.32. The van der Waals surface area contributed by atoms with Crippen LogP contribution in [-0.2, 0) is 0 Å². The zero-order chi connectivity index (χ0) is 12.8. The summed E-state index contributed by atoms with van der Waals surface area (Å²) >= 11 is 0.0600. The molecule has 0 bridgehead atoms. The van der Waals surface area contributed by atoms with Crippen molar-refractivity contribution in [2.24, 2.45) is 0 Å². The molecule has 3 nitrogen and oxygen atoms in total. The van der Waals surface area contributed by atoms with Crippen molar-refractivity contribution >= 4 is 31.7 Å². The molecule has 0 fully saturated rings. The van der Waals surface area contributed by atoms with E-state index < -0.39 is 0 Å². The summed E-state index contributed by atoms with van der Waals surface area (Å²) in [5, 5.41) is 3.58. The number of aromatic nitrogens is 2. The molecule has 4 heteroatoms. The SMILES string of the molecule is CCCCCCC(C)Nc1cccc2n[se]nc12. The topological polar surface area (TPSA) is 37.8 Å². The van der Waals surface area contributed by atoms with E-state index in [1.54, 1.807) is 0 Å². The normalized spacial score (nSPS) is 12.8. The summed E-state index contributed by atoms with van der Waals surface area (Å²) in [5.41, 5.74) is 3.27. The van der Waals surface area contributed by atoms with Crippen molar-refractivity contribution in [2.45, 2.75) is 52.0 Å². The molecule has 0 radical (unpaired) electrons. The molecule has 0 saturated carbocycles. The number of hydrogen-bond acceptors (Lipinski definition) is 3. The van der Waals surface area contributed by atoms with Gasteiger partial charge in [0.25, 0.3) is 0 Å². The summed E-state index contributed by atoms with van der Waals surface area (Å²) in [6.45, 7) is 4.50. The zero-order valence-corrected chi connectivity index (χ0v) is 12.9. The third kappa shape index (κ3) is 3.56. The van der Waals surface area contributed by atoms with Crippen LogP contribution in [0.15, 0.2) is 18.2 Å². The number of rotatable bonds is 7. The number of fused-ring (bicyclic) bond motifs is 1. The Morgan fingerprint density at radius 3 is 2.94 bits per heavy atom. The van der Waals surface area contributed by atoms with E-state index in [9.17, 15) is 0 Å². The number of nitrogens with zero attached hydrogens (tertiary/aromatic N) is 2. The van der Waals surface area contributed by atoms with E-state index in [2.05, 4.69) is 39.3 Å². The number of unbranched alkanes of at least 4 members (excludes halogenated alkanes) is 3. The van der Waals surface area contributed by atoms with Crippen LogP contribution in [0, 0.1) is 0 Å². The van der Waals surface area contributed by atoms with Gasteiger partial charge in [-0.15, -0.1) is 0 Å². The molecule has 2 aromatic rings. The number of nitrogens with one attached hydrogen (secondary N) is 1. The van der Waals surface area contributed by atoms with Gasteiger partial charge in [0.1, 0.15) is 0 Å². The quantitative estimate of drug-likeness (QED) is 0.629. The Labute approximate surface area is 115 Å². The van der Waals surface area contributed by atoms with Gasteiger partial charge >= 0.3 is 115 Å². The predicted molar refractivity (Wildman–Crippen MR) is 78.3 cm³/mol. The minimum atomic E-state index is 0.0600. The van der Waals surface area contributed by atoms with Gasteiger partial charge in [0.15, 0.2) is 0 Å². The molecule has 2 rings (SSSR count). The van der Waals surface area contributed by atoms with Gasteiger partial charge < -0.3 is 0 Å². The van der Waals surface area contributed by atoms with Gasteiger partial charge in [-0.3, -0.25) is 0 Å². The van der Waals surface area contributed by atoms with Crippen molar-refractivity contribution in [1.82, 2.24) is 7.96 Å². The van der Waals surface area contributed by atoms with Crippen LogP contribution < -0.4 is 5.32 Å². The van der Waals surface area contributed by atoms with E-state index in [1.165, 1.54) is 32.1 Å². The van der Waals surface area contributed by atoms with E-state index in [4.69, 9.17) is 0 Å². The van der Waals surface area contributed by atoms with E-state index in [0.29, 0.717) is 6.04 Å². The molecule has 1 unspecified atom stereocenters. The fraction of sp³-hybridized carbons (Fsp3) is 0.571. The van der Waals surface area contributed by atoms with Crippen molar-refractivity contribution in [1.29, 1.82) is 0 Å². The molecular weight excluding hydrogens is 289 g/mol. The van der Waals surface area contributed by atoms with Gasteiger partial charge in [0.05, 0.1) is 0 Å². The molecule has 1 N–H and O–H groups in total. The van der Waals surface area contributed by atoms with Crippen LogP contribution in [0.4, 0.5) is 5.69 Å². The standard InChI is InChI=1S/C14H21N3Se/c1-3-4-5-6-8-11(2)15-12-9-7-10-13-14(12)17-18-16-13/h7,9-11,15H,3-6,8H2,1-2H3. The van der Waals surface area contributed by atoms with Crippen molar-refractivity contribution < 1.29 is 0 Å². The Morgan fingerprint density at radius 2 is 2.11 bits per heavy atom. The summed E-state index contributed by atoms with van der Waals surface area (Å²) in [6.07, 6.45) is 6.54. The van der Waals surface area contributed by atoms with Gasteiger partial charge in [0.2, 0.25) is 0 Å². The average molecular weight is 310 g/mol. The third-order valence-electron chi connectivity index (χ3n) is 3.18. The van der Waals surface area contributed by atoms with E-state index in [1.807, 2.05) is 6.07 Å². The molecular formula is C14H21N3Se. The number of anilines is 1. The Balaban J connectivity index is 1.90. The Bertz CT molecular complexity index is 481. The van der Waals surface area contributed by atoms with Crippen LogP contribution in [-0.4, -0.2) is 29.0 Å². The van der Waals surface area contributed by atoms with E-state index in [-0.39, 0.29) is 15.0 Å². The second kappa shape index (κ2) is 6.91. The van der Waals surface area contributed by atoms with Gasteiger partial charge in [-0.2, -0.15) is 0 Å². The van der Waals surface area contributed by atoms with Crippen molar-refractivity contribution in [3.05, 3.63) is 18.2 Å². The van der Waals surface area contributed by atoms with Crippen LogP contribution in [0.25, 0.3) is 11.0 Å².